The fraction of sp³-hybridized carbons (Fsp3) is 0.500. The highest BCUT2D eigenvalue weighted by Gasteiger charge is 2.33. The lowest BCUT2D eigenvalue weighted by Gasteiger charge is -2.30. The number of allylic oxidation sites excluding steroid dienone is 2. The molecule has 2 heterocycles. The lowest BCUT2D eigenvalue weighted by molar-refractivity contribution is 0.0214. The van der Waals surface area contributed by atoms with Crippen molar-refractivity contribution >= 4 is 41.9 Å². The molecule has 10 heteroatoms. The summed E-state index contributed by atoms with van der Waals surface area (Å²) < 4.78 is 8.21. The van der Waals surface area contributed by atoms with Gasteiger partial charge in [-0.05, 0) is 83.1 Å². The fourth-order valence-corrected chi connectivity index (χ4v) is 5.14. The molecule has 0 atom stereocenters. The Bertz CT molecular complexity index is 1190. The summed E-state index contributed by atoms with van der Waals surface area (Å²) in [5.74, 6) is 2.23. The van der Waals surface area contributed by atoms with Gasteiger partial charge >= 0.3 is 6.09 Å². The molecule has 194 valence electrons. The first-order chi connectivity index (χ1) is 16.9. The van der Waals surface area contributed by atoms with Gasteiger partial charge in [-0.25, -0.2) is 4.79 Å². The van der Waals surface area contributed by atoms with E-state index >= 15 is 0 Å². The van der Waals surface area contributed by atoms with Crippen LogP contribution >= 0.6 is 35.8 Å². The second-order valence-corrected chi connectivity index (χ2v) is 12.1. The number of thiol groups is 1. The number of nitrogens with zero attached hydrogens (tertiary/aromatic N) is 4. The van der Waals surface area contributed by atoms with Gasteiger partial charge in [-0.3, -0.25) is 9.47 Å². The number of amides is 1. The van der Waals surface area contributed by atoms with Crippen LogP contribution in [0.5, 0.6) is 0 Å². The number of nitrogens with one attached hydrogen (secondary N) is 1. The number of benzene rings is 1. The van der Waals surface area contributed by atoms with E-state index in [9.17, 15) is 4.79 Å². The van der Waals surface area contributed by atoms with Crippen molar-refractivity contribution in [3.63, 3.8) is 0 Å². The predicted molar refractivity (Wildman–Crippen MR) is 146 cm³/mol. The summed E-state index contributed by atoms with van der Waals surface area (Å²) >= 11 is 16.5. The number of carbonyl (C=O) groups is 1. The second kappa shape index (κ2) is 10.7. The first-order valence-electron chi connectivity index (χ1n) is 12.1. The molecular formula is C26H33Cl2N5O2S. The normalized spacial score (nSPS) is 20.6. The zero-order valence-electron chi connectivity index (χ0n) is 21.1. The van der Waals surface area contributed by atoms with Crippen molar-refractivity contribution in [2.45, 2.75) is 78.0 Å². The number of rotatable bonds is 4. The number of aromatic nitrogens is 3. The summed E-state index contributed by atoms with van der Waals surface area (Å²) in [6, 6.07) is 5.76. The third-order valence-corrected chi connectivity index (χ3v) is 7.48. The Morgan fingerprint density at radius 3 is 2.53 bits per heavy atom. The molecule has 0 saturated heterocycles. The molecule has 1 N–H and O–H groups in total. The van der Waals surface area contributed by atoms with E-state index in [-0.39, 0.29) is 12.0 Å². The molecule has 4 rings (SSSR count). The summed E-state index contributed by atoms with van der Waals surface area (Å²) in [7, 11) is 0. The fourth-order valence-electron chi connectivity index (χ4n) is 4.84. The van der Waals surface area contributed by atoms with E-state index in [1.165, 1.54) is 0 Å². The molecule has 2 aromatic rings. The SMILES string of the molecule is C=C(N/C(C)=C(\S)Cl)C1CCC(c2nnc3n2-c2ccc(Cl)cc2CN(C(=O)OC(C)(C)C)C3)CC1. The summed E-state index contributed by atoms with van der Waals surface area (Å²) in [4.78, 5) is 14.6. The number of carbonyl (C=O) groups excluding carboxylic acids is 1. The van der Waals surface area contributed by atoms with Crippen LogP contribution in [0.25, 0.3) is 5.69 Å². The monoisotopic (exact) mass is 549 g/mol. The molecule has 2 aliphatic rings. The van der Waals surface area contributed by atoms with Crippen LogP contribution in [-0.4, -0.2) is 31.4 Å². The van der Waals surface area contributed by atoms with Crippen molar-refractivity contribution in [2.75, 3.05) is 0 Å². The Hall–Kier alpha value is -2.16. The summed E-state index contributed by atoms with van der Waals surface area (Å²) in [6.07, 6.45) is 3.49. The van der Waals surface area contributed by atoms with Gasteiger partial charge in [-0.2, -0.15) is 0 Å². The highest BCUT2D eigenvalue weighted by Crippen LogP contribution is 2.39. The van der Waals surface area contributed by atoms with Crippen LogP contribution in [0.15, 0.2) is 40.5 Å². The van der Waals surface area contributed by atoms with Crippen LogP contribution in [0.2, 0.25) is 5.02 Å². The quantitative estimate of drug-likeness (QED) is 0.405. The summed E-state index contributed by atoms with van der Waals surface area (Å²) in [5, 5.41) is 13.1. The minimum atomic E-state index is -0.594. The minimum absolute atomic E-state index is 0.247. The van der Waals surface area contributed by atoms with Gasteiger partial charge < -0.3 is 10.1 Å². The van der Waals surface area contributed by atoms with Crippen molar-refractivity contribution in [3.8, 4) is 5.69 Å². The van der Waals surface area contributed by atoms with E-state index in [2.05, 4.69) is 39.3 Å². The average Bonchev–Trinajstić information content (AvgIpc) is 3.13. The van der Waals surface area contributed by atoms with Gasteiger partial charge in [0.15, 0.2) is 5.82 Å². The average molecular weight is 551 g/mol. The van der Waals surface area contributed by atoms with Gasteiger partial charge in [-0.15, -0.1) is 22.8 Å². The first-order valence-corrected chi connectivity index (χ1v) is 13.4. The molecular weight excluding hydrogens is 517 g/mol. The van der Waals surface area contributed by atoms with Crippen LogP contribution in [0.1, 0.15) is 76.5 Å². The van der Waals surface area contributed by atoms with Gasteiger partial charge in [-0.1, -0.05) is 29.8 Å². The molecule has 0 spiro atoms. The van der Waals surface area contributed by atoms with E-state index in [4.69, 9.17) is 27.9 Å². The molecule has 1 aliphatic heterocycles. The Labute approximate surface area is 228 Å². The van der Waals surface area contributed by atoms with Crippen molar-refractivity contribution < 1.29 is 9.53 Å². The predicted octanol–water partition coefficient (Wildman–Crippen LogP) is 6.91. The highest BCUT2D eigenvalue weighted by atomic mass is 35.5. The van der Waals surface area contributed by atoms with Gasteiger partial charge in [0.05, 0.1) is 23.1 Å². The molecule has 0 radical (unpaired) electrons. The topological polar surface area (TPSA) is 72.3 Å². The Morgan fingerprint density at radius 2 is 1.89 bits per heavy atom. The summed E-state index contributed by atoms with van der Waals surface area (Å²) in [6.45, 7) is 12.4. The zero-order valence-corrected chi connectivity index (χ0v) is 23.6. The maximum Gasteiger partial charge on any atom is 0.411 e. The molecule has 0 bridgehead atoms. The Kier molecular flexibility index (Phi) is 7.98. The number of ether oxygens (including phenoxy) is 1. The van der Waals surface area contributed by atoms with E-state index in [1.807, 2.05) is 45.9 Å². The molecule has 1 amide bonds. The maximum atomic E-state index is 13.0. The van der Waals surface area contributed by atoms with E-state index in [0.717, 1.165) is 54.2 Å². The maximum absolute atomic E-state index is 13.0. The van der Waals surface area contributed by atoms with Crippen LogP contribution in [0.3, 0.4) is 0 Å². The van der Waals surface area contributed by atoms with Gasteiger partial charge in [0, 0.05) is 22.3 Å². The van der Waals surface area contributed by atoms with Gasteiger partial charge in [0.25, 0.3) is 0 Å². The van der Waals surface area contributed by atoms with Gasteiger partial charge in [0.2, 0.25) is 0 Å². The van der Waals surface area contributed by atoms with E-state index < -0.39 is 5.60 Å². The molecule has 1 aliphatic carbocycles. The third-order valence-electron chi connectivity index (χ3n) is 6.63. The smallest absolute Gasteiger partial charge is 0.411 e. The molecule has 36 heavy (non-hydrogen) atoms. The van der Waals surface area contributed by atoms with Crippen LogP contribution in [-0.2, 0) is 17.8 Å². The van der Waals surface area contributed by atoms with E-state index in [1.54, 1.807) is 4.90 Å². The molecule has 1 aromatic heterocycles. The number of hydrogen-bond acceptors (Lipinski definition) is 6. The molecule has 0 unspecified atom stereocenters. The van der Waals surface area contributed by atoms with Crippen molar-refractivity contribution in [1.29, 1.82) is 0 Å². The van der Waals surface area contributed by atoms with Crippen LogP contribution < -0.4 is 5.32 Å². The number of fused-ring (bicyclic) bond motifs is 3. The lowest BCUT2D eigenvalue weighted by Crippen LogP contribution is -2.35. The zero-order chi connectivity index (χ0) is 26.2. The third kappa shape index (κ3) is 6.03. The number of halogens is 2. The lowest BCUT2D eigenvalue weighted by atomic mass is 9.80. The van der Waals surface area contributed by atoms with Crippen molar-refractivity contribution in [1.82, 2.24) is 25.0 Å². The van der Waals surface area contributed by atoms with Gasteiger partial charge in [0.1, 0.15) is 11.4 Å². The second-order valence-electron chi connectivity index (χ2n) is 10.5. The standard InChI is InChI=1S/C26H33Cl2N5O2S/c1-15(29-16(2)23(28)36)17-6-8-18(9-7-17)24-31-30-22-14-32(25(34)35-26(3,4)5)13-19-12-20(27)10-11-21(19)33(22)24/h10-12,17-18,29,36H,1,6-9,13-14H2,2-5H3/b23-16-. The minimum Gasteiger partial charge on any atom is -0.444 e. The molecule has 1 saturated carbocycles. The molecule has 1 fully saturated rings. The molecule has 7 nitrogen and oxygen atoms in total. The van der Waals surface area contributed by atoms with Crippen LogP contribution in [0.4, 0.5) is 4.79 Å². The summed E-state index contributed by atoms with van der Waals surface area (Å²) in [5.41, 5.74) is 3.07. The van der Waals surface area contributed by atoms with Crippen LogP contribution in [0, 0.1) is 5.92 Å². The van der Waals surface area contributed by atoms with Crippen molar-refractivity contribution in [3.05, 3.63) is 62.8 Å². The Balaban J connectivity index is 1.59. The molecule has 1 aromatic carbocycles. The first kappa shape index (κ1) is 26.9. The van der Waals surface area contributed by atoms with E-state index in [0.29, 0.717) is 34.2 Å². The number of hydrogen-bond donors (Lipinski definition) is 2. The highest BCUT2D eigenvalue weighted by molar-refractivity contribution is 7.86. The van der Waals surface area contributed by atoms with Crippen molar-refractivity contribution in [2.24, 2.45) is 5.92 Å². The largest absolute Gasteiger partial charge is 0.444 e. The Morgan fingerprint density at radius 1 is 1.19 bits per heavy atom.